The fraction of sp³-hybridized carbons (Fsp3) is 0. The van der Waals surface area contributed by atoms with Crippen LogP contribution in [0.2, 0.25) is 5.02 Å². The zero-order valence-electron chi connectivity index (χ0n) is 10.3. The quantitative estimate of drug-likeness (QED) is 0.695. The smallest absolute Gasteiger partial charge is 0.289 e. The van der Waals surface area contributed by atoms with Gasteiger partial charge in [0.25, 0.3) is 10.1 Å². The highest BCUT2D eigenvalue weighted by Crippen LogP contribution is 2.32. The molecule has 0 atom stereocenters. The number of hydrogen-bond acceptors (Lipinski definition) is 4. The SMILES string of the molecule is O=C1c2ccccc2C(=O)c2cc(S(=O)(=O)O)c(Cl)cc21. The van der Waals surface area contributed by atoms with Crippen LogP contribution in [0.1, 0.15) is 31.8 Å². The zero-order chi connectivity index (χ0) is 15.4. The molecule has 2 aromatic rings. The van der Waals surface area contributed by atoms with Gasteiger partial charge in [0.1, 0.15) is 4.90 Å². The molecule has 0 aliphatic heterocycles. The molecule has 2 aromatic carbocycles. The average molecular weight is 323 g/mol. The molecule has 0 bridgehead atoms. The number of hydrogen-bond donors (Lipinski definition) is 1. The summed E-state index contributed by atoms with van der Waals surface area (Å²) in [6.45, 7) is 0. The maximum Gasteiger partial charge on any atom is 0.296 e. The summed E-state index contributed by atoms with van der Waals surface area (Å²) in [6.07, 6.45) is 0. The van der Waals surface area contributed by atoms with Crippen LogP contribution in [0.4, 0.5) is 0 Å². The lowest BCUT2D eigenvalue weighted by atomic mass is 9.84. The molecule has 0 saturated carbocycles. The highest BCUT2D eigenvalue weighted by molar-refractivity contribution is 7.86. The summed E-state index contributed by atoms with van der Waals surface area (Å²) in [7, 11) is -4.58. The lowest BCUT2D eigenvalue weighted by Gasteiger charge is -2.18. The second kappa shape index (κ2) is 4.49. The van der Waals surface area contributed by atoms with E-state index >= 15 is 0 Å². The molecule has 1 N–H and O–H groups in total. The van der Waals surface area contributed by atoms with Crippen molar-refractivity contribution in [2.24, 2.45) is 0 Å². The summed E-state index contributed by atoms with van der Waals surface area (Å²) in [5.41, 5.74) is 0.371. The van der Waals surface area contributed by atoms with Crippen LogP contribution in [0.5, 0.6) is 0 Å². The second-order valence-corrected chi connectivity index (χ2v) is 6.30. The van der Waals surface area contributed by atoms with E-state index in [9.17, 15) is 18.0 Å². The molecular weight excluding hydrogens is 316 g/mol. The van der Waals surface area contributed by atoms with Gasteiger partial charge in [-0.05, 0) is 12.1 Å². The normalized spacial score (nSPS) is 13.8. The molecule has 1 aliphatic carbocycles. The predicted molar refractivity (Wildman–Crippen MR) is 74.6 cm³/mol. The molecule has 0 unspecified atom stereocenters. The molecular formula is C14H7ClO5S. The first-order chi connectivity index (χ1) is 9.80. The zero-order valence-corrected chi connectivity index (χ0v) is 11.9. The van der Waals surface area contributed by atoms with Gasteiger partial charge in [-0.2, -0.15) is 8.42 Å². The van der Waals surface area contributed by atoms with E-state index in [0.29, 0.717) is 0 Å². The van der Waals surface area contributed by atoms with E-state index in [1.54, 1.807) is 12.1 Å². The second-order valence-electron chi connectivity index (χ2n) is 4.51. The number of fused-ring (bicyclic) bond motifs is 2. The van der Waals surface area contributed by atoms with Crippen molar-refractivity contribution in [3.8, 4) is 0 Å². The molecule has 0 fully saturated rings. The van der Waals surface area contributed by atoms with Crippen molar-refractivity contribution in [2.75, 3.05) is 0 Å². The Kier molecular flexibility index (Phi) is 2.98. The van der Waals surface area contributed by atoms with Crippen LogP contribution >= 0.6 is 11.6 Å². The molecule has 0 heterocycles. The Balaban J connectivity index is 2.34. The fourth-order valence-corrected chi connectivity index (χ4v) is 3.32. The largest absolute Gasteiger partial charge is 0.296 e. The van der Waals surface area contributed by atoms with Crippen LogP contribution in [0.25, 0.3) is 0 Å². The Morgan fingerprint density at radius 2 is 1.33 bits per heavy atom. The van der Waals surface area contributed by atoms with Gasteiger partial charge < -0.3 is 0 Å². The third kappa shape index (κ3) is 2.08. The Morgan fingerprint density at radius 1 is 0.857 bits per heavy atom. The molecule has 0 spiro atoms. The van der Waals surface area contributed by atoms with Gasteiger partial charge in [0, 0.05) is 22.3 Å². The minimum Gasteiger partial charge on any atom is -0.289 e. The first-order valence-corrected chi connectivity index (χ1v) is 7.62. The lowest BCUT2D eigenvalue weighted by Crippen LogP contribution is -2.21. The minimum atomic E-state index is -4.58. The summed E-state index contributed by atoms with van der Waals surface area (Å²) in [4.78, 5) is 24.1. The number of halogens is 1. The third-order valence-corrected chi connectivity index (χ3v) is 4.57. The number of benzene rings is 2. The van der Waals surface area contributed by atoms with E-state index in [1.807, 2.05) is 0 Å². The van der Waals surface area contributed by atoms with Crippen LogP contribution in [0.15, 0.2) is 41.3 Å². The molecule has 0 saturated heterocycles. The van der Waals surface area contributed by atoms with Crippen LogP contribution in [0, 0.1) is 0 Å². The van der Waals surface area contributed by atoms with Gasteiger partial charge in [0.2, 0.25) is 0 Å². The number of carbonyl (C=O) groups excluding carboxylic acids is 2. The summed E-state index contributed by atoms with van der Waals surface area (Å²) in [6, 6.07) is 8.26. The summed E-state index contributed by atoms with van der Waals surface area (Å²) >= 11 is 5.78. The van der Waals surface area contributed by atoms with Crippen LogP contribution in [-0.2, 0) is 10.1 Å². The topological polar surface area (TPSA) is 88.5 Å². The molecule has 3 rings (SSSR count). The van der Waals surface area contributed by atoms with E-state index in [4.69, 9.17) is 16.2 Å². The maximum atomic E-state index is 12.4. The van der Waals surface area contributed by atoms with Gasteiger partial charge in [-0.1, -0.05) is 35.9 Å². The Morgan fingerprint density at radius 3 is 1.81 bits per heavy atom. The Labute approximate surface area is 124 Å². The van der Waals surface area contributed by atoms with Crippen LogP contribution in [-0.4, -0.2) is 24.5 Å². The van der Waals surface area contributed by atoms with Gasteiger partial charge in [-0.15, -0.1) is 0 Å². The molecule has 5 nitrogen and oxygen atoms in total. The lowest BCUT2D eigenvalue weighted by molar-refractivity contribution is 0.0979. The van der Waals surface area contributed by atoms with Gasteiger partial charge in [0.05, 0.1) is 5.02 Å². The van der Waals surface area contributed by atoms with Crippen molar-refractivity contribution < 1.29 is 22.6 Å². The standard InChI is InChI=1S/C14H7ClO5S/c15-11-5-9-10(6-12(11)21(18,19)20)14(17)8-4-2-1-3-7(8)13(9)16/h1-6H,(H,18,19,20). The average Bonchev–Trinajstić information content (AvgIpc) is 2.43. The van der Waals surface area contributed by atoms with Crippen LogP contribution < -0.4 is 0 Å². The first kappa shape index (κ1) is 13.9. The van der Waals surface area contributed by atoms with Gasteiger partial charge >= 0.3 is 0 Å². The van der Waals surface area contributed by atoms with Crippen molar-refractivity contribution in [3.05, 3.63) is 63.7 Å². The Hall–Kier alpha value is -2.02. The predicted octanol–water partition coefficient (Wildman–Crippen LogP) is 2.36. The van der Waals surface area contributed by atoms with E-state index < -0.39 is 26.6 Å². The number of carbonyl (C=O) groups is 2. The highest BCUT2D eigenvalue weighted by Gasteiger charge is 2.31. The van der Waals surface area contributed by atoms with Crippen molar-refractivity contribution in [3.63, 3.8) is 0 Å². The van der Waals surface area contributed by atoms with Gasteiger partial charge in [-0.3, -0.25) is 14.1 Å². The number of ketones is 2. The summed E-state index contributed by atoms with van der Waals surface area (Å²) in [5, 5.41) is -0.309. The molecule has 0 radical (unpaired) electrons. The van der Waals surface area contributed by atoms with E-state index in [2.05, 4.69) is 0 Å². The number of rotatable bonds is 1. The highest BCUT2D eigenvalue weighted by atomic mass is 35.5. The molecule has 0 amide bonds. The third-order valence-electron chi connectivity index (χ3n) is 3.26. The Bertz CT molecular complexity index is 915. The molecule has 1 aliphatic rings. The van der Waals surface area contributed by atoms with Gasteiger partial charge in [0.15, 0.2) is 11.6 Å². The molecule has 0 aromatic heterocycles. The van der Waals surface area contributed by atoms with E-state index in [-0.39, 0.29) is 27.3 Å². The monoisotopic (exact) mass is 322 g/mol. The van der Waals surface area contributed by atoms with E-state index in [0.717, 1.165) is 12.1 Å². The van der Waals surface area contributed by atoms with Crippen molar-refractivity contribution in [2.45, 2.75) is 4.90 Å². The maximum absolute atomic E-state index is 12.4. The van der Waals surface area contributed by atoms with Crippen molar-refractivity contribution >= 4 is 33.3 Å². The molecule has 21 heavy (non-hydrogen) atoms. The first-order valence-electron chi connectivity index (χ1n) is 5.80. The van der Waals surface area contributed by atoms with Crippen molar-refractivity contribution in [1.82, 2.24) is 0 Å². The minimum absolute atomic E-state index is 0.0242. The van der Waals surface area contributed by atoms with Crippen molar-refractivity contribution in [1.29, 1.82) is 0 Å². The van der Waals surface area contributed by atoms with Gasteiger partial charge in [-0.25, -0.2) is 0 Å². The molecule has 7 heteroatoms. The molecule has 106 valence electrons. The summed E-state index contributed by atoms with van der Waals surface area (Å²) in [5.74, 6) is -0.897. The van der Waals surface area contributed by atoms with Crippen LogP contribution in [0.3, 0.4) is 0 Å². The fourth-order valence-electron chi connectivity index (χ4n) is 2.30. The summed E-state index contributed by atoms with van der Waals surface area (Å²) < 4.78 is 31.6. The van der Waals surface area contributed by atoms with E-state index in [1.165, 1.54) is 12.1 Å².